The lowest BCUT2D eigenvalue weighted by atomic mass is 10.1. The first kappa shape index (κ1) is 14.4. The Kier molecular flexibility index (Phi) is 3.89. The molecule has 1 unspecified atom stereocenters. The van der Waals surface area contributed by atoms with Gasteiger partial charge in [0.05, 0.1) is 17.6 Å². The van der Waals surface area contributed by atoms with E-state index in [4.69, 9.17) is 4.74 Å². The predicted octanol–water partition coefficient (Wildman–Crippen LogP) is 5.00. The van der Waals surface area contributed by atoms with Crippen LogP contribution in [-0.4, -0.2) is 7.11 Å². The molecule has 2 aromatic rings. The average molecular weight is 350 g/mol. The molecule has 1 aliphatic rings. The molecule has 0 heterocycles. The highest BCUT2D eigenvalue weighted by atomic mass is 79.9. The first-order valence-corrected chi connectivity index (χ1v) is 7.77. The molecule has 0 aliphatic heterocycles. The van der Waals surface area contributed by atoms with E-state index in [-0.39, 0.29) is 11.9 Å². The number of aryl methyl sites for hydroxylation is 2. The van der Waals surface area contributed by atoms with Crippen LogP contribution in [0.1, 0.15) is 29.2 Å². The van der Waals surface area contributed by atoms with Crippen LogP contribution in [0.25, 0.3) is 0 Å². The van der Waals surface area contributed by atoms with Crippen LogP contribution in [0.15, 0.2) is 34.8 Å². The summed E-state index contributed by atoms with van der Waals surface area (Å²) in [5, 5.41) is 3.47. The van der Waals surface area contributed by atoms with E-state index in [1.165, 1.54) is 11.1 Å². The Morgan fingerprint density at radius 1 is 1.29 bits per heavy atom. The minimum Gasteiger partial charge on any atom is -0.497 e. The lowest BCUT2D eigenvalue weighted by Crippen LogP contribution is -2.08. The Bertz CT molecular complexity index is 687. The second-order valence-corrected chi connectivity index (χ2v) is 6.24. The molecule has 110 valence electrons. The third kappa shape index (κ3) is 2.77. The van der Waals surface area contributed by atoms with Crippen LogP contribution >= 0.6 is 15.9 Å². The smallest absolute Gasteiger partial charge is 0.139 e. The minimum atomic E-state index is -0.244. The van der Waals surface area contributed by atoms with Gasteiger partial charge >= 0.3 is 0 Å². The van der Waals surface area contributed by atoms with Crippen LogP contribution in [0, 0.1) is 12.7 Å². The number of halogens is 2. The van der Waals surface area contributed by atoms with Crippen LogP contribution in [-0.2, 0) is 6.42 Å². The van der Waals surface area contributed by atoms with E-state index in [0.717, 1.165) is 29.8 Å². The number of nitrogens with one attached hydrogen (secondary N) is 1. The van der Waals surface area contributed by atoms with Crippen molar-refractivity contribution in [1.29, 1.82) is 0 Å². The summed E-state index contributed by atoms with van der Waals surface area (Å²) in [5.41, 5.74) is 4.46. The maximum Gasteiger partial charge on any atom is 0.139 e. The number of anilines is 1. The van der Waals surface area contributed by atoms with Gasteiger partial charge in [0, 0.05) is 5.69 Å². The van der Waals surface area contributed by atoms with Gasteiger partial charge in [0.25, 0.3) is 0 Å². The molecule has 4 heteroatoms. The topological polar surface area (TPSA) is 21.3 Å². The fourth-order valence-electron chi connectivity index (χ4n) is 2.85. The molecule has 0 aromatic heterocycles. The summed E-state index contributed by atoms with van der Waals surface area (Å²) in [5.74, 6) is 0.619. The molecule has 0 saturated carbocycles. The molecule has 0 radical (unpaired) electrons. The Balaban J connectivity index is 1.90. The van der Waals surface area contributed by atoms with Gasteiger partial charge in [-0.1, -0.05) is 6.07 Å². The molecule has 2 nitrogen and oxygen atoms in total. The van der Waals surface area contributed by atoms with E-state index in [2.05, 4.69) is 33.4 Å². The van der Waals surface area contributed by atoms with E-state index in [1.54, 1.807) is 19.2 Å². The summed E-state index contributed by atoms with van der Waals surface area (Å²) in [4.78, 5) is 0. The van der Waals surface area contributed by atoms with Gasteiger partial charge in [-0.15, -0.1) is 0 Å². The standard InChI is InChI=1S/C17H17BrFNO/c1-10-7-14(18)15(19)9-17(10)20-16-6-4-11-3-5-12(21-2)8-13(11)16/h3,5,7-9,16,20H,4,6H2,1-2H3. The van der Waals surface area contributed by atoms with Crippen LogP contribution in [0.2, 0.25) is 0 Å². The summed E-state index contributed by atoms with van der Waals surface area (Å²) in [7, 11) is 1.67. The molecule has 3 rings (SSSR count). The Morgan fingerprint density at radius 3 is 2.86 bits per heavy atom. The summed E-state index contributed by atoms with van der Waals surface area (Å²) in [6, 6.07) is 9.74. The summed E-state index contributed by atoms with van der Waals surface area (Å²) in [6.07, 6.45) is 2.05. The zero-order chi connectivity index (χ0) is 15.0. The number of fused-ring (bicyclic) bond motifs is 1. The quantitative estimate of drug-likeness (QED) is 0.841. The van der Waals surface area contributed by atoms with E-state index in [0.29, 0.717) is 4.47 Å². The van der Waals surface area contributed by atoms with Crippen molar-refractivity contribution in [3.8, 4) is 5.75 Å². The van der Waals surface area contributed by atoms with Crippen LogP contribution < -0.4 is 10.1 Å². The van der Waals surface area contributed by atoms with Gasteiger partial charge in [0.2, 0.25) is 0 Å². The first-order chi connectivity index (χ1) is 10.1. The van der Waals surface area contributed by atoms with Gasteiger partial charge in [-0.2, -0.15) is 0 Å². The van der Waals surface area contributed by atoms with Gasteiger partial charge < -0.3 is 10.1 Å². The highest BCUT2D eigenvalue weighted by Crippen LogP contribution is 2.37. The number of hydrogen-bond donors (Lipinski definition) is 1. The zero-order valence-corrected chi connectivity index (χ0v) is 13.6. The summed E-state index contributed by atoms with van der Waals surface area (Å²) >= 11 is 3.22. The number of methoxy groups -OCH3 is 1. The molecule has 0 fully saturated rings. The lowest BCUT2D eigenvalue weighted by Gasteiger charge is -2.18. The summed E-state index contributed by atoms with van der Waals surface area (Å²) in [6.45, 7) is 1.98. The van der Waals surface area contributed by atoms with Crippen molar-refractivity contribution >= 4 is 21.6 Å². The monoisotopic (exact) mass is 349 g/mol. The number of rotatable bonds is 3. The second kappa shape index (κ2) is 5.68. The highest BCUT2D eigenvalue weighted by molar-refractivity contribution is 9.10. The van der Waals surface area contributed by atoms with Crippen molar-refractivity contribution in [2.75, 3.05) is 12.4 Å². The molecule has 1 atom stereocenters. The molecular weight excluding hydrogens is 333 g/mol. The third-order valence-corrected chi connectivity index (χ3v) is 4.64. The maximum atomic E-state index is 13.7. The summed E-state index contributed by atoms with van der Waals surface area (Å²) < 4.78 is 19.5. The molecule has 0 bridgehead atoms. The minimum absolute atomic E-state index is 0.203. The Morgan fingerprint density at radius 2 is 2.10 bits per heavy atom. The van der Waals surface area contributed by atoms with Gasteiger partial charge in [0.1, 0.15) is 11.6 Å². The molecule has 2 aromatic carbocycles. The highest BCUT2D eigenvalue weighted by Gasteiger charge is 2.23. The normalized spacial score (nSPS) is 16.7. The zero-order valence-electron chi connectivity index (χ0n) is 12.0. The van der Waals surface area contributed by atoms with Gasteiger partial charge in [-0.3, -0.25) is 0 Å². The first-order valence-electron chi connectivity index (χ1n) is 6.97. The lowest BCUT2D eigenvalue weighted by molar-refractivity contribution is 0.414. The Labute approximate surface area is 132 Å². The van der Waals surface area contributed by atoms with Crippen molar-refractivity contribution in [2.24, 2.45) is 0 Å². The molecule has 0 spiro atoms. The van der Waals surface area contributed by atoms with E-state index in [9.17, 15) is 4.39 Å². The van der Waals surface area contributed by atoms with Crippen molar-refractivity contribution in [3.05, 3.63) is 57.3 Å². The molecule has 21 heavy (non-hydrogen) atoms. The van der Waals surface area contributed by atoms with Gasteiger partial charge in [0.15, 0.2) is 0 Å². The van der Waals surface area contributed by atoms with Gasteiger partial charge in [-0.05, 0) is 76.7 Å². The average Bonchev–Trinajstić information content (AvgIpc) is 2.87. The third-order valence-electron chi connectivity index (χ3n) is 4.03. The molecule has 1 N–H and O–H groups in total. The van der Waals surface area contributed by atoms with Crippen molar-refractivity contribution in [3.63, 3.8) is 0 Å². The molecular formula is C17H17BrFNO. The van der Waals surface area contributed by atoms with Crippen LogP contribution in [0.4, 0.5) is 10.1 Å². The van der Waals surface area contributed by atoms with Gasteiger partial charge in [-0.25, -0.2) is 4.39 Å². The molecule has 0 amide bonds. The van der Waals surface area contributed by atoms with Crippen molar-refractivity contribution < 1.29 is 9.13 Å². The molecule has 1 aliphatic carbocycles. The van der Waals surface area contributed by atoms with E-state index >= 15 is 0 Å². The van der Waals surface area contributed by atoms with Crippen molar-refractivity contribution in [1.82, 2.24) is 0 Å². The second-order valence-electron chi connectivity index (χ2n) is 5.38. The van der Waals surface area contributed by atoms with Crippen molar-refractivity contribution in [2.45, 2.75) is 25.8 Å². The van der Waals surface area contributed by atoms with Crippen LogP contribution in [0.3, 0.4) is 0 Å². The Hall–Kier alpha value is -1.55. The van der Waals surface area contributed by atoms with E-state index in [1.807, 2.05) is 13.0 Å². The van der Waals surface area contributed by atoms with E-state index < -0.39 is 0 Å². The number of benzene rings is 2. The van der Waals surface area contributed by atoms with Crippen LogP contribution in [0.5, 0.6) is 5.75 Å². The number of ether oxygens (including phenoxy) is 1. The molecule has 0 saturated heterocycles. The number of hydrogen-bond acceptors (Lipinski definition) is 2. The largest absolute Gasteiger partial charge is 0.497 e. The maximum absolute atomic E-state index is 13.7. The SMILES string of the molecule is COc1ccc2c(c1)C(Nc1cc(F)c(Br)cc1C)CC2. The fraction of sp³-hybridized carbons (Fsp3) is 0.294. The predicted molar refractivity (Wildman–Crippen MR) is 86.5 cm³/mol. The fourth-order valence-corrected chi connectivity index (χ4v) is 3.30.